The van der Waals surface area contributed by atoms with Crippen molar-refractivity contribution < 1.29 is 9.84 Å². The summed E-state index contributed by atoms with van der Waals surface area (Å²) >= 11 is 1.71. The Morgan fingerprint density at radius 1 is 1.45 bits per heavy atom. The average molecular weight is 321 g/mol. The number of nitrogens with zero attached hydrogens (tertiary/aromatic N) is 1. The van der Waals surface area contributed by atoms with Gasteiger partial charge < -0.3 is 9.84 Å². The summed E-state index contributed by atoms with van der Waals surface area (Å²) < 4.78 is 5.80. The minimum atomic E-state index is -0.936. The van der Waals surface area contributed by atoms with Crippen molar-refractivity contribution in [1.82, 2.24) is 4.90 Å². The first-order chi connectivity index (χ1) is 10.1. The molecule has 4 heteroatoms. The quantitative estimate of drug-likeness (QED) is 0.868. The lowest BCUT2D eigenvalue weighted by molar-refractivity contribution is -0.0808. The Bertz CT molecular complexity index is 560. The minimum Gasteiger partial charge on any atom is -0.378 e. The molecule has 22 heavy (non-hydrogen) atoms. The van der Waals surface area contributed by atoms with Crippen molar-refractivity contribution in [3.05, 3.63) is 21.9 Å². The Labute approximate surface area is 138 Å². The summed E-state index contributed by atoms with van der Waals surface area (Å²) in [5.74, 6) is 5.92. The molecule has 0 amide bonds. The second kappa shape index (κ2) is 6.72. The minimum absolute atomic E-state index is 0.0179. The highest BCUT2D eigenvalue weighted by Crippen LogP contribution is 2.28. The van der Waals surface area contributed by atoms with Gasteiger partial charge >= 0.3 is 0 Å². The maximum atomic E-state index is 9.66. The molecule has 1 fully saturated rings. The predicted molar refractivity (Wildman–Crippen MR) is 92.0 cm³/mol. The van der Waals surface area contributed by atoms with Crippen molar-refractivity contribution in [3.8, 4) is 11.8 Å². The third-order valence-corrected chi connectivity index (χ3v) is 4.84. The average Bonchev–Trinajstić information content (AvgIpc) is 2.82. The summed E-state index contributed by atoms with van der Waals surface area (Å²) in [5.41, 5.74) is -0.954. The van der Waals surface area contributed by atoms with E-state index in [9.17, 15) is 5.11 Å². The summed E-state index contributed by atoms with van der Waals surface area (Å²) in [5, 5.41) is 9.66. The van der Waals surface area contributed by atoms with Crippen molar-refractivity contribution >= 4 is 11.3 Å². The summed E-state index contributed by atoms with van der Waals surface area (Å²) in [6.45, 7) is 9.53. The molecule has 1 saturated heterocycles. The number of hydrogen-bond acceptors (Lipinski definition) is 4. The van der Waals surface area contributed by atoms with E-state index in [4.69, 9.17) is 4.74 Å². The Morgan fingerprint density at radius 3 is 2.82 bits per heavy atom. The number of ether oxygens (including phenoxy) is 1. The fourth-order valence-corrected chi connectivity index (χ4v) is 3.62. The predicted octanol–water partition coefficient (Wildman–Crippen LogP) is 3.26. The molecule has 0 bridgehead atoms. The molecule has 1 aromatic rings. The van der Waals surface area contributed by atoms with Crippen molar-refractivity contribution in [2.75, 3.05) is 13.7 Å². The fourth-order valence-electron chi connectivity index (χ4n) is 2.70. The second-order valence-electron chi connectivity index (χ2n) is 7.24. The van der Waals surface area contributed by atoms with Gasteiger partial charge in [0.2, 0.25) is 0 Å². The molecule has 0 saturated carbocycles. The Hall–Kier alpha value is -0.860. The first kappa shape index (κ1) is 17.5. The monoisotopic (exact) mass is 321 g/mol. The highest BCUT2D eigenvalue weighted by Gasteiger charge is 2.30. The Balaban J connectivity index is 1.96. The Morgan fingerprint density at radius 2 is 2.18 bits per heavy atom. The van der Waals surface area contributed by atoms with E-state index in [0.717, 1.165) is 30.9 Å². The lowest BCUT2D eigenvalue weighted by Gasteiger charge is -2.39. The van der Waals surface area contributed by atoms with Crippen LogP contribution in [0.5, 0.6) is 0 Å². The first-order valence-electron chi connectivity index (χ1n) is 7.83. The van der Waals surface area contributed by atoms with Crippen LogP contribution in [0.25, 0.3) is 0 Å². The molecule has 1 atom stereocenters. The molecule has 3 nitrogen and oxygen atoms in total. The van der Waals surface area contributed by atoms with Gasteiger partial charge in [0, 0.05) is 24.1 Å². The standard InChI is InChI=1S/C18H27NO2S/c1-17(2,20)10-8-15-6-7-16(22-15)13-19(5)14-9-11-21-18(3,4)12-14/h6-7,14,20H,9,11-13H2,1-5H3. The van der Waals surface area contributed by atoms with Gasteiger partial charge in [0.15, 0.2) is 0 Å². The van der Waals surface area contributed by atoms with E-state index in [-0.39, 0.29) is 5.60 Å². The van der Waals surface area contributed by atoms with E-state index in [1.54, 1.807) is 25.2 Å². The van der Waals surface area contributed by atoms with Gasteiger partial charge in [-0.3, -0.25) is 4.90 Å². The van der Waals surface area contributed by atoms with E-state index < -0.39 is 5.60 Å². The van der Waals surface area contributed by atoms with Crippen LogP contribution in [-0.4, -0.2) is 40.9 Å². The van der Waals surface area contributed by atoms with Gasteiger partial charge in [0.05, 0.1) is 10.5 Å². The smallest absolute Gasteiger partial charge is 0.120 e. The van der Waals surface area contributed by atoms with Crippen molar-refractivity contribution in [2.45, 2.75) is 64.3 Å². The topological polar surface area (TPSA) is 32.7 Å². The molecule has 122 valence electrons. The molecule has 0 aromatic carbocycles. The zero-order chi connectivity index (χ0) is 16.4. The molecule has 1 aliphatic rings. The molecular weight excluding hydrogens is 294 g/mol. The second-order valence-corrected chi connectivity index (χ2v) is 8.41. The summed E-state index contributed by atoms with van der Waals surface area (Å²) in [7, 11) is 2.19. The van der Waals surface area contributed by atoms with E-state index in [1.807, 2.05) is 6.07 Å². The van der Waals surface area contributed by atoms with Crippen LogP contribution in [0, 0.1) is 11.8 Å². The number of thiophene rings is 1. The molecular formula is C18H27NO2S. The zero-order valence-electron chi connectivity index (χ0n) is 14.3. The first-order valence-corrected chi connectivity index (χ1v) is 8.65. The highest BCUT2D eigenvalue weighted by molar-refractivity contribution is 7.12. The largest absolute Gasteiger partial charge is 0.378 e. The van der Waals surface area contributed by atoms with Crippen LogP contribution in [0.2, 0.25) is 0 Å². The molecule has 1 N–H and O–H groups in total. The van der Waals surface area contributed by atoms with Gasteiger partial charge in [-0.1, -0.05) is 11.8 Å². The summed E-state index contributed by atoms with van der Waals surface area (Å²) in [4.78, 5) is 4.74. The van der Waals surface area contributed by atoms with Gasteiger partial charge in [-0.2, -0.15) is 0 Å². The van der Waals surface area contributed by atoms with Crippen LogP contribution in [0.1, 0.15) is 50.3 Å². The maximum absolute atomic E-state index is 9.66. The van der Waals surface area contributed by atoms with Gasteiger partial charge in [0.1, 0.15) is 5.60 Å². The van der Waals surface area contributed by atoms with Crippen LogP contribution in [0.4, 0.5) is 0 Å². The highest BCUT2D eigenvalue weighted by atomic mass is 32.1. The van der Waals surface area contributed by atoms with Crippen LogP contribution in [0.15, 0.2) is 12.1 Å². The normalized spacial score (nSPS) is 21.5. The zero-order valence-corrected chi connectivity index (χ0v) is 15.1. The molecule has 1 unspecified atom stereocenters. The van der Waals surface area contributed by atoms with Crippen molar-refractivity contribution in [1.29, 1.82) is 0 Å². The molecule has 0 aliphatic carbocycles. The lowest BCUT2D eigenvalue weighted by Crippen LogP contribution is -2.44. The number of hydrogen-bond donors (Lipinski definition) is 1. The van der Waals surface area contributed by atoms with Gasteiger partial charge in [0.25, 0.3) is 0 Å². The Kier molecular flexibility index (Phi) is 5.34. The van der Waals surface area contributed by atoms with Crippen LogP contribution in [-0.2, 0) is 11.3 Å². The molecule has 2 rings (SSSR count). The number of rotatable bonds is 3. The van der Waals surface area contributed by atoms with Crippen LogP contribution in [0.3, 0.4) is 0 Å². The molecule has 1 aromatic heterocycles. The third-order valence-electron chi connectivity index (χ3n) is 3.85. The van der Waals surface area contributed by atoms with E-state index in [1.165, 1.54) is 4.88 Å². The van der Waals surface area contributed by atoms with Crippen LogP contribution < -0.4 is 0 Å². The number of aliphatic hydroxyl groups is 1. The van der Waals surface area contributed by atoms with Crippen molar-refractivity contribution in [3.63, 3.8) is 0 Å². The fraction of sp³-hybridized carbons (Fsp3) is 0.667. The molecule has 1 aliphatic heterocycles. The molecule has 0 spiro atoms. The van der Waals surface area contributed by atoms with E-state index >= 15 is 0 Å². The third kappa shape index (κ3) is 5.40. The van der Waals surface area contributed by atoms with Gasteiger partial charge in [-0.15, -0.1) is 11.3 Å². The molecule has 0 radical (unpaired) electrons. The molecule has 2 heterocycles. The SMILES string of the molecule is CN(Cc1ccc(C#CC(C)(C)O)s1)C1CCOC(C)(C)C1. The van der Waals surface area contributed by atoms with E-state index in [0.29, 0.717) is 6.04 Å². The van der Waals surface area contributed by atoms with E-state index in [2.05, 4.69) is 43.7 Å². The van der Waals surface area contributed by atoms with Crippen LogP contribution >= 0.6 is 11.3 Å². The lowest BCUT2D eigenvalue weighted by atomic mass is 9.93. The maximum Gasteiger partial charge on any atom is 0.120 e. The summed E-state index contributed by atoms with van der Waals surface area (Å²) in [6, 6.07) is 4.75. The van der Waals surface area contributed by atoms with Gasteiger partial charge in [-0.25, -0.2) is 0 Å². The summed E-state index contributed by atoms with van der Waals surface area (Å²) in [6.07, 6.45) is 2.16. The van der Waals surface area contributed by atoms with Gasteiger partial charge in [-0.05, 0) is 59.7 Å². The van der Waals surface area contributed by atoms with Crippen molar-refractivity contribution in [2.24, 2.45) is 0 Å².